The summed E-state index contributed by atoms with van der Waals surface area (Å²) in [7, 11) is 0. The van der Waals surface area contributed by atoms with Crippen LogP contribution in [0.25, 0.3) is 11.3 Å². The number of hydrogen-bond acceptors (Lipinski definition) is 3. The van der Waals surface area contributed by atoms with E-state index in [2.05, 4.69) is 79.4 Å². The molecule has 1 aliphatic rings. The maximum absolute atomic E-state index is 4.83. The van der Waals surface area contributed by atoms with Crippen LogP contribution in [0.15, 0.2) is 37.0 Å². The molecule has 146 valence electrons. The molecule has 4 rings (SSSR count). The van der Waals surface area contributed by atoms with Crippen molar-refractivity contribution in [3.8, 4) is 0 Å². The number of aryl methyl sites for hydroxylation is 4. The molecule has 1 aliphatic heterocycles. The van der Waals surface area contributed by atoms with E-state index in [4.69, 9.17) is 4.98 Å². The molecule has 3 heterocycles. The Labute approximate surface area is 167 Å². The summed E-state index contributed by atoms with van der Waals surface area (Å²) in [6.45, 7) is 16.0. The van der Waals surface area contributed by atoms with E-state index in [1.165, 1.54) is 28.8 Å². The topological polar surface area (TPSA) is 32.6 Å². The van der Waals surface area contributed by atoms with Crippen LogP contribution in [0, 0.1) is 20.8 Å². The SMILES string of the molecule is C=C(c1cc(NCc2c(C)cccc2CC)c2nc(C)c(C)n2c1)N1CCC1. The third-order valence-corrected chi connectivity index (χ3v) is 6.11. The predicted octanol–water partition coefficient (Wildman–Crippen LogP) is 5.11. The number of anilines is 1. The molecule has 0 spiro atoms. The third kappa shape index (κ3) is 3.17. The van der Waals surface area contributed by atoms with Gasteiger partial charge in [0, 0.05) is 42.8 Å². The molecule has 1 saturated heterocycles. The summed E-state index contributed by atoms with van der Waals surface area (Å²) in [5.41, 5.74) is 10.7. The molecule has 0 unspecified atom stereocenters. The van der Waals surface area contributed by atoms with Gasteiger partial charge in [-0.05, 0) is 56.4 Å². The van der Waals surface area contributed by atoms with Crippen LogP contribution in [-0.4, -0.2) is 27.4 Å². The van der Waals surface area contributed by atoms with Crippen molar-refractivity contribution in [1.82, 2.24) is 14.3 Å². The van der Waals surface area contributed by atoms with Gasteiger partial charge < -0.3 is 14.6 Å². The van der Waals surface area contributed by atoms with Gasteiger partial charge in [-0.25, -0.2) is 4.98 Å². The van der Waals surface area contributed by atoms with Gasteiger partial charge >= 0.3 is 0 Å². The van der Waals surface area contributed by atoms with Crippen molar-refractivity contribution in [3.05, 3.63) is 70.7 Å². The fourth-order valence-electron chi connectivity index (χ4n) is 3.96. The zero-order valence-electron chi connectivity index (χ0n) is 17.5. The maximum Gasteiger partial charge on any atom is 0.160 e. The molecule has 1 aromatic carbocycles. The molecule has 0 saturated carbocycles. The highest BCUT2D eigenvalue weighted by Gasteiger charge is 2.19. The standard InChI is InChI=1S/C24H30N4/c1-6-20-10-7-9-16(2)22(20)14-25-23-13-21(19(5)27-11-8-12-27)15-28-18(4)17(3)26-24(23)28/h7,9-10,13,15,25H,5-6,8,11-12,14H2,1-4H3. The molecule has 4 nitrogen and oxygen atoms in total. The molecule has 0 amide bonds. The average molecular weight is 375 g/mol. The first-order chi connectivity index (χ1) is 13.5. The normalized spacial score (nSPS) is 13.6. The molecule has 28 heavy (non-hydrogen) atoms. The Morgan fingerprint density at radius 1 is 1.21 bits per heavy atom. The van der Waals surface area contributed by atoms with E-state index >= 15 is 0 Å². The molecular weight excluding hydrogens is 344 g/mol. The van der Waals surface area contributed by atoms with Gasteiger partial charge in [0.05, 0.1) is 11.4 Å². The van der Waals surface area contributed by atoms with Crippen molar-refractivity contribution >= 4 is 17.0 Å². The lowest BCUT2D eigenvalue weighted by molar-refractivity contribution is 0.282. The minimum absolute atomic E-state index is 0.802. The number of fused-ring (bicyclic) bond motifs is 1. The van der Waals surface area contributed by atoms with Crippen molar-refractivity contribution in [2.75, 3.05) is 18.4 Å². The second-order valence-corrected chi connectivity index (χ2v) is 7.83. The molecule has 0 aliphatic carbocycles. The van der Waals surface area contributed by atoms with E-state index in [9.17, 15) is 0 Å². The van der Waals surface area contributed by atoms with Crippen LogP contribution in [0.3, 0.4) is 0 Å². The second kappa shape index (κ2) is 7.34. The van der Waals surface area contributed by atoms with Crippen molar-refractivity contribution in [2.45, 2.75) is 47.1 Å². The summed E-state index contributed by atoms with van der Waals surface area (Å²) in [6, 6.07) is 8.78. The maximum atomic E-state index is 4.83. The van der Waals surface area contributed by atoms with Gasteiger partial charge in [0.25, 0.3) is 0 Å². The lowest BCUT2D eigenvalue weighted by Crippen LogP contribution is -2.35. The van der Waals surface area contributed by atoms with Gasteiger partial charge in [-0.15, -0.1) is 0 Å². The van der Waals surface area contributed by atoms with E-state index in [0.717, 1.165) is 54.3 Å². The second-order valence-electron chi connectivity index (χ2n) is 7.83. The fourth-order valence-corrected chi connectivity index (χ4v) is 3.96. The highest BCUT2D eigenvalue weighted by molar-refractivity contribution is 5.75. The van der Waals surface area contributed by atoms with E-state index in [1.54, 1.807) is 0 Å². The van der Waals surface area contributed by atoms with E-state index < -0.39 is 0 Å². The Kier molecular flexibility index (Phi) is 4.88. The first-order valence-corrected chi connectivity index (χ1v) is 10.2. The number of likely N-dealkylation sites (tertiary alicyclic amines) is 1. The Morgan fingerprint density at radius 3 is 2.68 bits per heavy atom. The fraction of sp³-hybridized carbons (Fsp3) is 0.375. The number of nitrogens with zero attached hydrogens (tertiary/aromatic N) is 3. The Bertz CT molecular complexity index is 1040. The quantitative estimate of drug-likeness (QED) is 0.651. The lowest BCUT2D eigenvalue weighted by Gasteiger charge is -2.35. The molecular formula is C24H30N4. The summed E-state index contributed by atoms with van der Waals surface area (Å²) < 4.78 is 2.20. The van der Waals surface area contributed by atoms with Gasteiger partial charge in [-0.3, -0.25) is 0 Å². The first kappa shape index (κ1) is 18.6. The number of rotatable bonds is 6. The minimum atomic E-state index is 0.802. The summed E-state index contributed by atoms with van der Waals surface area (Å²) in [6.07, 6.45) is 4.48. The van der Waals surface area contributed by atoms with Crippen molar-refractivity contribution in [3.63, 3.8) is 0 Å². The van der Waals surface area contributed by atoms with E-state index in [0.29, 0.717) is 0 Å². The minimum Gasteiger partial charge on any atom is -0.378 e. The Hall–Kier alpha value is -2.75. The molecule has 0 radical (unpaired) electrons. The number of imidazole rings is 1. The predicted molar refractivity (Wildman–Crippen MR) is 118 cm³/mol. The molecule has 3 aromatic rings. The Balaban J connectivity index is 1.73. The highest BCUT2D eigenvalue weighted by Crippen LogP contribution is 2.29. The van der Waals surface area contributed by atoms with Crippen LogP contribution in [0.5, 0.6) is 0 Å². The average Bonchev–Trinajstić information content (AvgIpc) is 2.93. The third-order valence-electron chi connectivity index (χ3n) is 6.11. The van der Waals surface area contributed by atoms with Crippen molar-refractivity contribution < 1.29 is 0 Å². The zero-order chi connectivity index (χ0) is 19.8. The molecule has 1 fully saturated rings. The summed E-state index contributed by atoms with van der Waals surface area (Å²) >= 11 is 0. The number of aromatic nitrogens is 2. The molecule has 4 heteroatoms. The van der Waals surface area contributed by atoms with Gasteiger partial charge in [0.2, 0.25) is 0 Å². The van der Waals surface area contributed by atoms with Crippen LogP contribution < -0.4 is 5.32 Å². The van der Waals surface area contributed by atoms with Gasteiger partial charge in [0.15, 0.2) is 5.65 Å². The molecule has 2 aromatic heterocycles. The highest BCUT2D eigenvalue weighted by atomic mass is 15.2. The van der Waals surface area contributed by atoms with Crippen LogP contribution in [-0.2, 0) is 13.0 Å². The van der Waals surface area contributed by atoms with Crippen LogP contribution in [0.2, 0.25) is 0 Å². The largest absolute Gasteiger partial charge is 0.378 e. The number of pyridine rings is 1. The summed E-state index contributed by atoms with van der Waals surface area (Å²) in [5.74, 6) is 0. The van der Waals surface area contributed by atoms with E-state index in [1.807, 2.05) is 0 Å². The Morgan fingerprint density at radius 2 is 2.00 bits per heavy atom. The molecule has 0 atom stereocenters. The van der Waals surface area contributed by atoms with Crippen molar-refractivity contribution in [2.24, 2.45) is 0 Å². The smallest absolute Gasteiger partial charge is 0.160 e. The number of benzene rings is 1. The lowest BCUT2D eigenvalue weighted by atomic mass is 10.00. The van der Waals surface area contributed by atoms with Crippen molar-refractivity contribution in [1.29, 1.82) is 0 Å². The van der Waals surface area contributed by atoms with Crippen LogP contribution in [0.4, 0.5) is 5.69 Å². The zero-order valence-corrected chi connectivity index (χ0v) is 17.5. The van der Waals surface area contributed by atoms with E-state index in [-0.39, 0.29) is 0 Å². The van der Waals surface area contributed by atoms with Crippen LogP contribution >= 0.6 is 0 Å². The van der Waals surface area contributed by atoms with Crippen LogP contribution in [0.1, 0.15) is 47.0 Å². The molecule has 1 N–H and O–H groups in total. The monoisotopic (exact) mass is 374 g/mol. The summed E-state index contributed by atoms with van der Waals surface area (Å²) in [4.78, 5) is 7.17. The first-order valence-electron chi connectivity index (χ1n) is 10.2. The number of hydrogen-bond donors (Lipinski definition) is 1. The van der Waals surface area contributed by atoms with Gasteiger partial charge in [-0.1, -0.05) is 31.7 Å². The number of nitrogens with one attached hydrogen (secondary N) is 1. The van der Waals surface area contributed by atoms with Gasteiger partial charge in [0.1, 0.15) is 0 Å². The van der Waals surface area contributed by atoms with Gasteiger partial charge in [-0.2, -0.15) is 0 Å². The molecule has 0 bridgehead atoms. The summed E-state index contributed by atoms with van der Waals surface area (Å²) in [5, 5.41) is 3.69.